The van der Waals surface area contributed by atoms with Gasteiger partial charge in [-0.1, -0.05) is 12.1 Å². The fourth-order valence-electron chi connectivity index (χ4n) is 2.11. The van der Waals surface area contributed by atoms with E-state index in [2.05, 4.69) is 15.4 Å². The maximum Gasteiger partial charge on any atom is 0.337 e. The van der Waals surface area contributed by atoms with E-state index in [-0.39, 0.29) is 37.4 Å². The van der Waals surface area contributed by atoms with Gasteiger partial charge in [0.25, 0.3) is 0 Å². The van der Waals surface area contributed by atoms with Crippen LogP contribution in [0.2, 0.25) is 0 Å². The zero-order valence-electron chi connectivity index (χ0n) is 14.0. The van der Waals surface area contributed by atoms with Crippen LogP contribution < -0.4 is 10.6 Å². The normalized spacial score (nSPS) is 9.84. The second kappa shape index (κ2) is 12.7. The van der Waals surface area contributed by atoms with Gasteiger partial charge in [-0.15, -0.1) is 24.8 Å². The van der Waals surface area contributed by atoms with E-state index >= 15 is 0 Å². The molecule has 140 valence electrons. The molecule has 1 aromatic heterocycles. The fourth-order valence-corrected chi connectivity index (χ4v) is 2.11. The number of carbonyl (C=O) groups is 1. The van der Waals surface area contributed by atoms with Gasteiger partial charge < -0.3 is 24.9 Å². The van der Waals surface area contributed by atoms with E-state index in [4.69, 9.17) is 9.52 Å². The van der Waals surface area contributed by atoms with E-state index in [0.717, 1.165) is 30.2 Å². The molecule has 0 saturated heterocycles. The molecule has 1 aromatic carbocycles. The Morgan fingerprint density at radius 3 is 2.36 bits per heavy atom. The Balaban J connectivity index is 0.00000288. The minimum atomic E-state index is -0.351. The second-order valence-corrected chi connectivity index (χ2v) is 4.99. The third-order valence-electron chi connectivity index (χ3n) is 3.32. The molecule has 2 aromatic rings. The third kappa shape index (κ3) is 7.46. The summed E-state index contributed by atoms with van der Waals surface area (Å²) in [5.74, 6) is 1.26. The van der Waals surface area contributed by atoms with Crippen LogP contribution >= 0.6 is 24.8 Å². The van der Waals surface area contributed by atoms with Gasteiger partial charge in [-0.05, 0) is 24.3 Å². The van der Waals surface area contributed by atoms with E-state index < -0.39 is 0 Å². The van der Waals surface area contributed by atoms with Gasteiger partial charge in [0.15, 0.2) is 0 Å². The average Bonchev–Trinajstić information content (AvgIpc) is 3.06. The Morgan fingerprint density at radius 1 is 1.04 bits per heavy atom. The number of ether oxygens (including phenoxy) is 1. The molecular weight excluding hydrogens is 367 g/mol. The zero-order chi connectivity index (χ0) is 16.5. The van der Waals surface area contributed by atoms with Crippen molar-refractivity contribution >= 4 is 30.8 Å². The molecule has 1 heterocycles. The van der Waals surface area contributed by atoms with E-state index in [9.17, 15) is 4.79 Å². The first-order valence-electron chi connectivity index (χ1n) is 7.54. The molecule has 0 radical (unpaired) electrons. The maximum atomic E-state index is 11.4. The van der Waals surface area contributed by atoms with E-state index in [0.29, 0.717) is 18.7 Å². The van der Waals surface area contributed by atoms with Gasteiger partial charge in [0, 0.05) is 25.2 Å². The number of hydrogen-bond donors (Lipinski definition) is 3. The number of furan rings is 1. The van der Waals surface area contributed by atoms with Gasteiger partial charge in [-0.2, -0.15) is 0 Å². The molecule has 0 unspecified atom stereocenters. The second-order valence-electron chi connectivity index (χ2n) is 4.99. The minimum Gasteiger partial charge on any atom is -0.465 e. The molecule has 0 amide bonds. The molecule has 0 fully saturated rings. The van der Waals surface area contributed by atoms with Crippen molar-refractivity contribution in [2.45, 2.75) is 6.54 Å². The predicted molar refractivity (Wildman–Crippen MR) is 102 cm³/mol. The van der Waals surface area contributed by atoms with Crippen LogP contribution in [0, 0.1) is 0 Å². The van der Waals surface area contributed by atoms with Gasteiger partial charge >= 0.3 is 5.97 Å². The molecular formula is C17H24Cl2N2O4. The van der Waals surface area contributed by atoms with Crippen molar-refractivity contribution in [3.63, 3.8) is 0 Å². The number of benzene rings is 1. The summed E-state index contributed by atoms with van der Waals surface area (Å²) in [4.78, 5) is 11.4. The first-order valence-corrected chi connectivity index (χ1v) is 7.54. The number of aliphatic hydroxyl groups excluding tert-OH is 1. The van der Waals surface area contributed by atoms with Crippen LogP contribution in [-0.4, -0.2) is 44.4 Å². The standard InChI is InChI=1S/C17H22N2O4.2ClH/c1-22-17(21)14-4-2-13(3-5-14)16-7-6-15(23-16)12-19-9-8-18-10-11-20;;/h2-7,18-20H,8-12H2,1H3;2*1H. The van der Waals surface area contributed by atoms with Gasteiger partial charge in [-0.25, -0.2) is 4.79 Å². The molecule has 3 N–H and O–H groups in total. The molecule has 2 rings (SSSR count). The average molecular weight is 391 g/mol. The lowest BCUT2D eigenvalue weighted by atomic mass is 10.1. The Labute approximate surface area is 159 Å². The quantitative estimate of drug-likeness (QED) is 0.449. The van der Waals surface area contributed by atoms with E-state index in [1.165, 1.54) is 7.11 Å². The van der Waals surface area contributed by atoms with Gasteiger partial charge in [-0.3, -0.25) is 0 Å². The Hall–Kier alpha value is -1.57. The molecule has 0 saturated carbocycles. The van der Waals surface area contributed by atoms with Crippen molar-refractivity contribution in [2.75, 3.05) is 33.4 Å². The summed E-state index contributed by atoms with van der Waals surface area (Å²) in [6.45, 7) is 2.98. The van der Waals surface area contributed by atoms with Crippen LogP contribution in [0.4, 0.5) is 0 Å². The molecule has 25 heavy (non-hydrogen) atoms. The Kier molecular flexibility index (Phi) is 11.9. The molecule has 8 heteroatoms. The SMILES string of the molecule is COC(=O)c1ccc(-c2ccc(CNCCNCCO)o2)cc1.Cl.Cl. The molecule has 0 aliphatic carbocycles. The molecule has 0 aliphatic rings. The summed E-state index contributed by atoms with van der Waals surface area (Å²) in [5, 5.41) is 15.0. The first kappa shape index (κ1) is 23.4. The van der Waals surface area contributed by atoms with Gasteiger partial charge in [0.05, 0.1) is 25.8 Å². The Bertz CT molecular complexity index is 617. The lowest BCUT2D eigenvalue weighted by Gasteiger charge is -2.04. The van der Waals surface area contributed by atoms with Crippen molar-refractivity contribution in [3.8, 4) is 11.3 Å². The van der Waals surface area contributed by atoms with Crippen molar-refractivity contribution in [3.05, 3.63) is 47.7 Å². The highest BCUT2D eigenvalue weighted by molar-refractivity contribution is 5.89. The summed E-state index contributed by atoms with van der Waals surface area (Å²) in [6.07, 6.45) is 0. The summed E-state index contributed by atoms with van der Waals surface area (Å²) in [7, 11) is 1.36. The number of esters is 1. The zero-order valence-corrected chi connectivity index (χ0v) is 15.6. The van der Waals surface area contributed by atoms with Gasteiger partial charge in [0.1, 0.15) is 11.5 Å². The van der Waals surface area contributed by atoms with Crippen molar-refractivity contribution in [1.29, 1.82) is 0 Å². The number of methoxy groups -OCH3 is 1. The summed E-state index contributed by atoms with van der Waals surface area (Å²) in [6, 6.07) is 10.9. The van der Waals surface area contributed by atoms with Crippen LogP contribution in [-0.2, 0) is 11.3 Å². The van der Waals surface area contributed by atoms with Crippen LogP contribution in [0.25, 0.3) is 11.3 Å². The Morgan fingerprint density at radius 2 is 1.72 bits per heavy atom. The van der Waals surface area contributed by atoms with E-state index in [1.807, 2.05) is 24.3 Å². The number of halogens is 2. The maximum absolute atomic E-state index is 11.4. The highest BCUT2D eigenvalue weighted by atomic mass is 35.5. The number of carbonyl (C=O) groups excluding carboxylic acids is 1. The van der Waals surface area contributed by atoms with Crippen LogP contribution in [0.3, 0.4) is 0 Å². The van der Waals surface area contributed by atoms with Crippen LogP contribution in [0.1, 0.15) is 16.1 Å². The molecule has 0 spiro atoms. The summed E-state index contributed by atoms with van der Waals surface area (Å²) < 4.78 is 10.5. The highest BCUT2D eigenvalue weighted by Crippen LogP contribution is 2.22. The highest BCUT2D eigenvalue weighted by Gasteiger charge is 2.08. The van der Waals surface area contributed by atoms with Crippen LogP contribution in [0.5, 0.6) is 0 Å². The topological polar surface area (TPSA) is 83.7 Å². The van der Waals surface area contributed by atoms with Gasteiger partial charge in [0.2, 0.25) is 0 Å². The number of aliphatic hydroxyl groups is 1. The number of hydrogen-bond acceptors (Lipinski definition) is 6. The van der Waals surface area contributed by atoms with Crippen molar-refractivity contribution in [2.24, 2.45) is 0 Å². The third-order valence-corrected chi connectivity index (χ3v) is 3.32. The predicted octanol–water partition coefficient (Wildman–Crippen LogP) is 2.25. The molecule has 6 nitrogen and oxygen atoms in total. The number of rotatable bonds is 9. The lowest BCUT2D eigenvalue weighted by Crippen LogP contribution is -2.28. The summed E-state index contributed by atoms with van der Waals surface area (Å²) in [5.41, 5.74) is 1.42. The van der Waals surface area contributed by atoms with Crippen molar-refractivity contribution in [1.82, 2.24) is 10.6 Å². The molecule has 0 bridgehead atoms. The van der Waals surface area contributed by atoms with Crippen molar-refractivity contribution < 1.29 is 19.1 Å². The molecule has 0 atom stereocenters. The van der Waals surface area contributed by atoms with Crippen LogP contribution in [0.15, 0.2) is 40.8 Å². The first-order chi connectivity index (χ1) is 11.2. The minimum absolute atomic E-state index is 0. The fraction of sp³-hybridized carbons (Fsp3) is 0.353. The molecule has 0 aliphatic heterocycles. The largest absolute Gasteiger partial charge is 0.465 e. The smallest absolute Gasteiger partial charge is 0.337 e. The monoisotopic (exact) mass is 390 g/mol. The summed E-state index contributed by atoms with van der Waals surface area (Å²) >= 11 is 0. The number of nitrogens with one attached hydrogen (secondary N) is 2. The lowest BCUT2D eigenvalue weighted by molar-refractivity contribution is 0.0600. The van der Waals surface area contributed by atoms with E-state index in [1.54, 1.807) is 12.1 Å².